The van der Waals surface area contributed by atoms with Gasteiger partial charge in [-0.25, -0.2) is 9.18 Å². The molecule has 0 spiro atoms. The van der Waals surface area contributed by atoms with E-state index in [-0.39, 0.29) is 17.7 Å². The van der Waals surface area contributed by atoms with Gasteiger partial charge in [-0.2, -0.15) is 0 Å². The summed E-state index contributed by atoms with van der Waals surface area (Å²) in [4.78, 5) is 11.1. The molecule has 0 unspecified atom stereocenters. The summed E-state index contributed by atoms with van der Waals surface area (Å²) in [6.07, 6.45) is 0. The van der Waals surface area contributed by atoms with Crippen molar-refractivity contribution in [1.29, 1.82) is 0 Å². The number of rotatable bonds is 8. The van der Waals surface area contributed by atoms with Gasteiger partial charge in [-0.3, -0.25) is 0 Å². The number of halogens is 3. The molecule has 162 valence electrons. The monoisotopic (exact) mass is 507 g/mol. The molecule has 3 aromatic rings. The third-order valence-electron chi connectivity index (χ3n) is 4.71. The SMILES string of the molecule is COc1cc(CNc2ccc(C(=O)O)cc2C)c(Br)cc1OCc1c(F)cccc1Cl. The second-order valence-electron chi connectivity index (χ2n) is 6.77. The van der Waals surface area contributed by atoms with Crippen LogP contribution in [0.25, 0.3) is 0 Å². The first-order valence-corrected chi connectivity index (χ1v) is 10.5. The molecule has 0 aliphatic carbocycles. The number of benzene rings is 3. The molecule has 0 aliphatic rings. The van der Waals surface area contributed by atoms with Gasteiger partial charge in [0.25, 0.3) is 0 Å². The number of methoxy groups -OCH3 is 1. The molecule has 0 amide bonds. The van der Waals surface area contributed by atoms with Crippen LogP contribution in [0.1, 0.15) is 27.0 Å². The second kappa shape index (κ2) is 10.0. The predicted molar refractivity (Wildman–Crippen MR) is 122 cm³/mol. The first-order chi connectivity index (χ1) is 14.8. The van der Waals surface area contributed by atoms with Gasteiger partial charge in [0.2, 0.25) is 0 Å². The largest absolute Gasteiger partial charge is 0.493 e. The van der Waals surface area contributed by atoms with Crippen molar-refractivity contribution in [3.05, 3.63) is 86.1 Å². The number of ether oxygens (including phenoxy) is 2. The highest BCUT2D eigenvalue weighted by Crippen LogP contribution is 2.35. The van der Waals surface area contributed by atoms with Gasteiger partial charge in [0.15, 0.2) is 11.5 Å². The van der Waals surface area contributed by atoms with E-state index in [2.05, 4.69) is 21.2 Å². The van der Waals surface area contributed by atoms with Gasteiger partial charge >= 0.3 is 5.97 Å². The summed E-state index contributed by atoms with van der Waals surface area (Å²) in [7, 11) is 1.53. The lowest BCUT2D eigenvalue weighted by Gasteiger charge is -2.16. The zero-order valence-corrected chi connectivity index (χ0v) is 19.2. The Morgan fingerprint density at radius 2 is 1.97 bits per heavy atom. The fourth-order valence-corrected chi connectivity index (χ4v) is 3.67. The van der Waals surface area contributed by atoms with Crippen molar-refractivity contribution in [2.24, 2.45) is 0 Å². The maximum Gasteiger partial charge on any atom is 0.335 e. The third kappa shape index (κ3) is 5.48. The predicted octanol–water partition coefficient (Wildman–Crippen LogP) is 6.45. The molecule has 5 nitrogen and oxygen atoms in total. The molecule has 2 N–H and O–H groups in total. The van der Waals surface area contributed by atoms with E-state index in [0.717, 1.165) is 21.3 Å². The van der Waals surface area contributed by atoms with E-state index < -0.39 is 11.8 Å². The summed E-state index contributed by atoms with van der Waals surface area (Å²) in [5.74, 6) is -0.463. The minimum absolute atomic E-state index is 0.0407. The van der Waals surface area contributed by atoms with E-state index in [1.807, 2.05) is 13.0 Å². The molecule has 0 atom stereocenters. The number of nitrogens with one attached hydrogen (secondary N) is 1. The quantitative estimate of drug-likeness (QED) is 0.366. The second-order valence-corrected chi connectivity index (χ2v) is 8.03. The van der Waals surface area contributed by atoms with Crippen LogP contribution in [0.2, 0.25) is 5.02 Å². The summed E-state index contributed by atoms with van der Waals surface area (Å²) in [6.45, 7) is 2.26. The summed E-state index contributed by atoms with van der Waals surface area (Å²) in [6, 6.07) is 13.0. The van der Waals surface area contributed by atoms with Crippen LogP contribution in [0.4, 0.5) is 10.1 Å². The summed E-state index contributed by atoms with van der Waals surface area (Å²) in [5, 5.41) is 12.7. The third-order valence-corrected chi connectivity index (χ3v) is 5.80. The Kier molecular flexibility index (Phi) is 7.41. The average molecular weight is 509 g/mol. The smallest absolute Gasteiger partial charge is 0.335 e. The Labute approximate surface area is 192 Å². The van der Waals surface area contributed by atoms with E-state index in [1.54, 1.807) is 30.3 Å². The Morgan fingerprint density at radius 1 is 1.19 bits per heavy atom. The number of hydrogen-bond donors (Lipinski definition) is 2. The van der Waals surface area contributed by atoms with Crippen molar-refractivity contribution in [2.45, 2.75) is 20.1 Å². The molecule has 0 fully saturated rings. The fourth-order valence-electron chi connectivity index (χ4n) is 2.99. The van der Waals surface area contributed by atoms with Crippen molar-refractivity contribution in [1.82, 2.24) is 0 Å². The highest BCUT2D eigenvalue weighted by Gasteiger charge is 2.14. The molecule has 0 saturated heterocycles. The Hall–Kier alpha value is -2.77. The van der Waals surface area contributed by atoms with E-state index >= 15 is 0 Å². The first kappa shape index (κ1) is 22.9. The molecule has 0 bridgehead atoms. The number of aromatic carboxylic acids is 1. The molecule has 3 rings (SSSR count). The minimum Gasteiger partial charge on any atom is -0.493 e. The lowest BCUT2D eigenvalue weighted by molar-refractivity contribution is 0.0697. The number of hydrogen-bond acceptors (Lipinski definition) is 4. The van der Waals surface area contributed by atoms with Gasteiger partial charge in [-0.05, 0) is 60.5 Å². The number of carboxylic acid groups (broad SMARTS) is 1. The highest BCUT2D eigenvalue weighted by atomic mass is 79.9. The molecule has 0 saturated carbocycles. The average Bonchev–Trinajstić information content (AvgIpc) is 2.73. The fraction of sp³-hybridized carbons (Fsp3) is 0.174. The molecule has 3 aromatic carbocycles. The standard InChI is InChI=1S/C23H20BrClFNO4/c1-13-8-14(23(28)29)6-7-20(13)27-11-15-9-21(30-2)22(10-17(15)24)31-12-16-18(25)4-3-5-19(16)26/h3-10,27H,11-12H2,1-2H3,(H,28,29). The number of anilines is 1. The van der Waals surface area contributed by atoms with Crippen LogP contribution in [0.15, 0.2) is 53.0 Å². The van der Waals surface area contributed by atoms with Crippen LogP contribution in [-0.2, 0) is 13.2 Å². The van der Waals surface area contributed by atoms with E-state index in [1.165, 1.54) is 19.2 Å². The van der Waals surface area contributed by atoms with Gasteiger partial charge in [-0.1, -0.05) is 33.6 Å². The van der Waals surface area contributed by atoms with Crippen LogP contribution in [0, 0.1) is 12.7 Å². The Balaban J connectivity index is 1.75. The van der Waals surface area contributed by atoms with Crippen molar-refractivity contribution in [3.8, 4) is 11.5 Å². The normalized spacial score (nSPS) is 10.6. The topological polar surface area (TPSA) is 67.8 Å². The van der Waals surface area contributed by atoms with Crippen molar-refractivity contribution in [3.63, 3.8) is 0 Å². The Bertz CT molecular complexity index is 1100. The molecule has 0 radical (unpaired) electrons. The van der Waals surface area contributed by atoms with Crippen LogP contribution in [0.5, 0.6) is 11.5 Å². The summed E-state index contributed by atoms with van der Waals surface area (Å²) in [5.41, 5.74) is 3.06. The van der Waals surface area contributed by atoms with Crippen LogP contribution in [-0.4, -0.2) is 18.2 Å². The zero-order valence-electron chi connectivity index (χ0n) is 16.8. The first-order valence-electron chi connectivity index (χ1n) is 9.30. The van der Waals surface area contributed by atoms with Gasteiger partial charge in [0.1, 0.15) is 12.4 Å². The van der Waals surface area contributed by atoms with Gasteiger partial charge in [0, 0.05) is 22.3 Å². The van der Waals surface area contributed by atoms with E-state index in [9.17, 15) is 9.18 Å². The number of aryl methyl sites for hydroxylation is 1. The van der Waals surface area contributed by atoms with Crippen LogP contribution >= 0.6 is 27.5 Å². The van der Waals surface area contributed by atoms with Gasteiger partial charge < -0.3 is 19.9 Å². The Morgan fingerprint density at radius 3 is 2.61 bits per heavy atom. The molecule has 31 heavy (non-hydrogen) atoms. The minimum atomic E-state index is -0.964. The number of carbonyl (C=O) groups is 1. The summed E-state index contributed by atoms with van der Waals surface area (Å²) < 4.78 is 26.0. The van der Waals surface area contributed by atoms with Gasteiger partial charge in [0.05, 0.1) is 17.7 Å². The van der Waals surface area contributed by atoms with E-state index in [4.69, 9.17) is 26.2 Å². The van der Waals surface area contributed by atoms with Crippen LogP contribution < -0.4 is 14.8 Å². The van der Waals surface area contributed by atoms with Gasteiger partial charge in [-0.15, -0.1) is 0 Å². The lowest BCUT2D eigenvalue weighted by atomic mass is 10.1. The molecule has 0 aromatic heterocycles. The molecular weight excluding hydrogens is 489 g/mol. The van der Waals surface area contributed by atoms with E-state index in [0.29, 0.717) is 23.1 Å². The van der Waals surface area contributed by atoms with Crippen molar-refractivity contribution in [2.75, 3.05) is 12.4 Å². The molecule has 0 aliphatic heterocycles. The van der Waals surface area contributed by atoms with Crippen LogP contribution in [0.3, 0.4) is 0 Å². The lowest BCUT2D eigenvalue weighted by Crippen LogP contribution is -2.05. The van der Waals surface area contributed by atoms with Crippen molar-refractivity contribution < 1.29 is 23.8 Å². The zero-order chi connectivity index (χ0) is 22.5. The van der Waals surface area contributed by atoms with Crippen molar-refractivity contribution >= 4 is 39.2 Å². The maximum atomic E-state index is 14.0. The maximum absolute atomic E-state index is 14.0. The summed E-state index contributed by atoms with van der Waals surface area (Å²) >= 11 is 9.60. The molecule has 0 heterocycles. The molecule has 8 heteroatoms. The highest BCUT2D eigenvalue weighted by molar-refractivity contribution is 9.10. The molecular formula is C23H20BrClFNO4. The number of carboxylic acids is 1.